The Morgan fingerprint density at radius 2 is 1.80 bits per heavy atom. The number of rotatable bonds is 6. The number of nitrogens with two attached hydrogens (primary N) is 2. The Hall–Kier alpha value is -2.41. The van der Waals surface area contributed by atoms with Gasteiger partial charge in [-0.05, 0) is 25.0 Å². The number of benzene rings is 1. The Kier molecular flexibility index (Phi) is 6.18. The van der Waals surface area contributed by atoms with Crippen LogP contribution < -0.4 is 22.1 Å². The first kappa shape index (κ1) is 15.6. The molecule has 1 aromatic carbocycles. The Labute approximate surface area is 116 Å². The lowest BCUT2D eigenvalue weighted by atomic mass is 10.1. The van der Waals surface area contributed by atoms with Crippen LogP contribution in [0.1, 0.15) is 23.2 Å². The summed E-state index contributed by atoms with van der Waals surface area (Å²) in [6, 6.07) is 6.95. The zero-order chi connectivity index (χ0) is 15.0. The topological polar surface area (TPSA) is 127 Å². The average molecular weight is 278 g/mol. The van der Waals surface area contributed by atoms with Gasteiger partial charge >= 0.3 is 6.03 Å². The molecule has 0 aliphatic carbocycles. The molecule has 0 aromatic heterocycles. The van der Waals surface area contributed by atoms with Gasteiger partial charge in [-0.1, -0.05) is 18.2 Å². The molecule has 1 rings (SSSR count). The second-order valence-corrected chi connectivity index (χ2v) is 4.22. The molecule has 0 aliphatic rings. The smallest absolute Gasteiger partial charge is 0.312 e. The fourth-order valence-corrected chi connectivity index (χ4v) is 1.53. The maximum atomic E-state index is 11.7. The molecule has 108 valence electrons. The number of imide groups is 1. The quantitative estimate of drug-likeness (QED) is 0.533. The Morgan fingerprint density at radius 1 is 1.15 bits per heavy atom. The van der Waals surface area contributed by atoms with E-state index in [2.05, 4.69) is 10.6 Å². The van der Waals surface area contributed by atoms with Crippen LogP contribution in [0.4, 0.5) is 4.79 Å². The van der Waals surface area contributed by atoms with Gasteiger partial charge in [0.1, 0.15) is 0 Å². The van der Waals surface area contributed by atoms with Crippen molar-refractivity contribution in [1.82, 2.24) is 10.6 Å². The lowest BCUT2D eigenvalue weighted by Crippen LogP contribution is -2.43. The van der Waals surface area contributed by atoms with Crippen LogP contribution in [0.3, 0.4) is 0 Å². The van der Waals surface area contributed by atoms with Crippen molar-refractivity contribution in [3.63, 3.8) is 0 Å². The molecule has 0 saturated heterocycles. The van der Waals surface area contributed by atoms with E-state index in [4.69, 9.17) is 11.5 Å². The second-order valence-electron chi connectivity index (χ2n) is 4.22. The van der Waals surface area contributed by atoms with Crippen LogP contribution in [-0.4, -0.2) is 30.4 Å². The zero-order valence-electron chi connectivity index (χ0n) is 11.0. The van der Waals surface area contributed by atoms with Gasteiger partial charge in [-0.3, -0.25) is 14.9 Å². The molecule has 0 aliphatic heterocycles. The molecule has 0 heterocycles. The summed E-state index contributed by atoms with van der Waals surface area (Å²) in [5.41, 5.74) is 10.9. The third-order valence-corrected chi connectivity index (χ3v) is 2.60. The molecule has 0 unspecified atom stereocenters. The van der Waals surface area contributed by atoms with Crippen LogP contribution in [0.25, 0.3) is 0 Å². The molecule has 1 atom stereocenters. The Balaban J connectivity index is 2.34. The maximum absolute atomic E-state index is 11.7. The normalized spacial score (nSPS) is 11.4. The number of nitrogens with one attached hydrogen (secondary N) is 2. The van der Waals surface area contributed by atoms with Crippen LogP contribution in [-0.2, 0) is 4.79 Å². The number of hydrogen-bond donors (Lipinski definition) is 4. The lowest BCUT2D eigenvalue weighted by Gasteiger charge is -2.11. The van der Waals surface area contributed by atoms with Crippen molar-refractivity contribution in [3.05, 3.63) is 35.9 Å². The zero-order valence-corrected chi connectivity index (χ0v) is 11.0. The third kappa shape index (κ3) is 5.49. The van der Waals surface area contributed by atoms with Crippen LogP contribution >= 0.6 is 0 Å². The highest BCUT2D eigenvalue weighted by molar-refractivity contribution is 6.05. The first-order chi connectivity index (χ1) is 9.50. The van der Waals surface area contributed by atoms with E-state index in [1.807, 2.05) is 0 Å². The number of carbonyl (C=O) groups excluding carboxylic acids is 3. The van der Waals surface area contributed by atoms with E-state index >= 15 is 0 Å². The van der Waals surface area contributed by atoms with Gasteiger partial charge in [0, 0.05) is 12.1 Å². The second kappa shape index (κ2) is 7.90. The lowest BCUT2D eigenvalue weighted by molar-refractivity contribution is -0.121. The fourth-order valence-electron chi connectivity index (χ4n) is 1.53. The van der Waals surface area contributed by atoms with Gasteiger partial charge in [0.2, 0.25) is 5.91 Å². The Morgan fingerprint density at radius 3 is 2.40 bits per heavy atom. The van der Waals surface area contributed by atoms with Gasteiger partial charge in [0.25, 0.3) is 5.91 Å². The van der Waals surface area contributed by atoms with Crippen molar-refractivity contribution in [3.8, 4) is 0 Å². The highest BCUT2D eigenvalue weighted by atomic mass is 16.2. The molecule has 7 nitrogen and oxygen atoms in total. The van der Waals surface area contributed by atoms with E-state index in [-0.39, 0.29) is 0 Å². The summed E-state index contributed by atoms with van der Waals surface area (Å²) in [6.45, 7) is 0.336. The van der Waals surface area contributed by atoms with E-state index in [9.17, 15) is 14.4 Å². The van der Waals surface area contributed by atoms with E-state index < -0.39 is 23.9 Å². The molecular formula is C13H18N4O3. The minimum absolute atomic E-state index is 0.336. The van der Waals surface area contributed by atoms with Crippen LogP contribution in [0, 0.1) is 0 Å². The highest BCUT2D eigenvalue weighted by Gasteiger charge is 2.16. The number of hydrogen-bond acceptors (Lipinski definition) is 4. The van der Waals surface area contributed by atoms with Gasteiger partial charge in [0.15, 0.2) is 0 Å². The van der Waals surface area contributed by atoms with Crippen molar-refractivity contribution >= 4 is 17.8 Å². The SMILES string of the molecule is NC(=O)NCCC[C@H](N)C(=O)NC(=O)c1ccccc1. The van der Waals surface area contributed by atoms with Crippen LogP contribution in [0.5, 0.6) is 0 Å². The summed E-state index contributed by atoms with van der Waals surface area (Å²) >= 11 is 0. The molecule has 0 spiro atoms. The number of carbonyl (C=O) groups is 3. The summed E-state index contributed by atoms with van der Waals surface area (Å²) in [4.78, 5) is 33.8. The monoisotopic (exact) mass is 278 g/mol. The van der Waals surface area contributed by atoms with Gasteiger partial charge in [-0.25, -0.2) is 4.79 Å². The fraction of sp³-hybridized carbons (Fsp3) is 0.308. The third-order valence-electron chi connectivity index (χ3n) is 2.60. The van der Waals surface area contributed by atoms with Gasteiger partial charge in [-0.2, -0.15) is 0 Å². The maximum Gasteiger partial charge on any atom is 0.312 e. The number of urea groups is 1. The summed E-state index contributed by atoms with van der Waals surface area (Å²) in [5, 5.41) is 4.62. The van der Waals surface area contributed by atoms with Gasteiger partial charge in [-0.15, -0.1) is 0 Å². The summed E-state index contributed by atoms with van der Waals surface area (Å²) in [5.74, 6) is -1.03. The van der Waals surface area contributed by atoms with Crippen molar-refractivity contribution < 1.29 is 14.4 Å². The van der Waals surface area contributed by atoms with E-state index in [1.165, 1.54) is 0 Å². The molecule has 0 saturated carbocycles. The standard InChI is InChI=1S/C13H18N4O3/c14-10(7-4-8-16-13(15)20)12(19)17-11(18)9-5-2-1-3-6-9/h1-3,5-6,10H,4,7-8,14H2,(H3,15,16,20)(H,17,18,19)/t10-/m0/s1. The molecular weight excluding hydrogens is 260 g/mol. The minimum atomic E-state index is -0.808. The molecule has 20 heavy (non-hydrogen) atoms. The van der Waals surface area contributed by atoms with E-state index in [1.54, 1.807) is 30.3 Å². The van der Waals surface area contributed by atoms with E-state index in [0.29, 0.717) is 24.9 Å². The summed E-state index contributed by atoms with van der Waals surface area (Å²) in [7, 11) is 0. The summed E-state index contributed by atoms with van der Waals surface area (Å²) in [6.07, 6.45) is 0.839. The molecule has 0 radical (unpaired) electrons. The van der Waals surface area contributed by atoms with Crippen LogP contribution in [0.15, 0.2) is 30.3 Å². The predicted octanol–water partition coefficient (Wildman–Crippen LogP) is -0.281. The minimum Gasteiger partial charge on any atom is -0.352 e. The predicted molar refractivity (Wildman–Crippen MR) is 73.7 cm³/mol. The molecule has 6 N–H and O–H groups in total. The molecule has 1 aromatic rings. The molecule has 0 fully saturated rings. The largest absolute Gasteiger partial charge is 0.352 e. The molecule has 7 heteroatoms. The van der Waals surface area contributed by atoms with E-state index in [0.717, 1.165) is 0 Å². The Bertz CT molecular complexity index is 476. The van der Waals surface area contributed by atoms with Crippen molar-refractivity contribution in [2.24, 2.45) is 11.5 Å². The summed E-state index contributed by atoms with van der Waals surface area (Å²) < 4.78 is 0. The van der Waals surface area contributed by atoms with Gasteiger partial charge in [0.05, 0.1) is 6.04 Å². The number of primary amides is 1. The van der Waals surface area contributed by atoms with Crippen molar-refractivity contribution in [1.29, 1.82) is 0 Å². The first-order valence-electron chi connectivity index (χ1n) is 6.20. The molecule has 4 amide bonds. The first-order valence-corrected chi connectivity index (χ1v) is 6.20. The number of amides is 4. The van der Waals surface area contributed by atoms with Crippen molar-refractivity contribution in [2.45, 2.75) is 18.9 Å². The van der Waals surface area contributed by atoms with Crippen LogP contribution in [0.2, 0.25) is 0 Å². The average Bonchev–Trinajstić information content (AvgIpc) is 2.44. The van der Waals surface area contributed by atoms with Gasteiger partial charge < -0.3 is 16.8 Å². The van der Waals surface area contributed by atoms with Crippen molar-refractivity contribution in [2.75, 3.05) is 6.54 Å². The molecule has 0 bridgehead atoms. The highest BCUT2D eigenvalue weighted by Crippen LogP contribution is 1.99.